The lowest BCUT2D eigenvalue weighted by Gasteiger charge is -1.94. The van der Waals surface area contributed by atoms with E-state index in [4.69, 9.17) is 0 Å². The quantitative estimate of drug-likeness (QED) is 0.506. The number of hydrogen-bond donors (Lipinski definition) is 2. The first-order valence-electron chi connectivity index (χ1n) is 3.08. The number of aromatic amines is 2. The van der Waals surface area contributed by atoms with E-state index in [1.54, 1.807) is 6.92 Å². The minimum atomic E-state index is -0.773. The largest absolute Gasteiger partial charge is 0.333 e. The van der Waals surface area contributed by atoms with Crippen LogP contribution in [-0.2, 0) is 6.54 Å². The normalized spacial score (nSPS) is 9.91. The van der Waals surface area contributed by atoms with E-state index in [1.165, 1.54) is 0 Å². The Morgan fingerprint density at radius 1 is 1.18 bits per heavy atom. The van der Waals surface area contributed by atoms with Crippen molar-refractivity contribution in [2.75, 3.05) is 0 Å². The van der Waals surface area contributed by atoms with E-state index >= 15 is 0 Å². The van der Waals surface area contributed by atoms with Crippen LogP contribution in [0.3, 0.4) is 0 Å². The van der Waals surface area contributed by atoms with Crippen molar-refractivity contribution in [3.05, 3.63) is 31.5 Å². The lowest BCUT2D eigenvalue weighted by Crippen LogP contribution is -2.42. The summed E-state index contributed by atoms with van der Waals surface area (Å²) in [5, 5.41) is 0. The molecule has 1 heterocycles. The molecule has 0 radical (unpaired) electrons. The zero-order chi connectivity index (χ0) is 8.43. The molecule has 0 atom stereocenters. The maximum absolute atomic E-state index is 10.8. The van der Waals surface area contributed by atoms with Crippen LogP contribution in [0.15, 0.2) is 14.4 Å². The van der Waals surface area contributed by atoms with Gasteiger partial charge in [0.1, 0.15) is 0 Å². The third kappa shape index (κ3) is 1.28. The van der Waals surface area contributed by atoms with Gasteiger partial charge in [0.25, 0.3) is 0 Å². The number of hydrogen-bond acceptors (Lipinski definition) is 3. The van der Waals surface area contributed by atoms with Crippen molar-refractivity contribution in [3.63, 3.8) is 0 Å². The molecule has 6 heteroatoms. The summed E-state index contributed by atoms with van der Waals surface area (Å²) in [5.41, 5.74) is -2.13. The number of nitrogens with one attached hydrogen (secondary N) is 2. The van der Waals surface area contributed by atoms with Crippen molar-refractivity contribution in [2.24, 2.45) is 0 Å². The third-order valence-electron chi connectivity index (χ3n) is 1.25. The molecular weight excluding hydrogens is 150 g/mol. The maximum atomic E-state index is 10.8. The Balaban J connectivity index is 3.63. The monoisotopic (exact) mass is 157 g/mol. The van der Waals surface area contributed by atoms with Crippen molar-refractivity contribution >= 4 is 0 Å². The fourth-order valence-corrected chi connectivity index (χ4v) is 0.740. The molecule has 0 aliphatic heterocycles. The predicted octanol–water partition coefficient (Wildman–Crippen LogP) is -1.76. The lowest BCUT2D eigenvalue weighted by molar-refractivity contribution is 0.632. The topological polar surface area (TPSA) is 87.7 Å². The summed E-state index contributed by atoms with van der Waals surface area (Å²) in [5.74, 6) is 0. The van der Waals surface area contributed by atoms with E-state index < -0.39 is 17.1 Å². The van der Waals surface area contributed by atoms with Gasteiger partial charge in [-0.2, -0.15) is 0 Å². The Labute approximate surface area is 60.5 Å². The molecule has 1 aromatic rings. The van der Waals surface area contributed by atoms with E-state index in [9.17, 15) is 14.4 Å². The second-order valence-electron chi connectivity index (χ2n) is 1.93. The molecule has 0 spiro atoms. The fraction of sp³-hybridized carbons (Fsp3) is 0.400. The van der Waals surface area contributed by atoms with Crippen molar-refractivity contribution in [1.29, 1.82) is 0 Å². The van der Waals surface area contributed by atoms with Gasteiger partial charge < -0.3 is 0 Å². The zero-order valence-corrected chi connectivity index (χ0v) is 5.88. The van der Waals surface area contributed by atoms with Crippen molar-refractivity contribution < 1.29 is 0 Å². The van der Waals surface area contributed by atoms with Gasteiger partial charge in [0, 0.05) is 6.54 Å². The van der Waals surface area contributed by atoms with E-state index in [0.29, 0.717) is 0 Å². The smallest absolute Gasteiger partial charge is 0.259 e. The number of rotatable bonds is 1. The fourth-order valence-electron chi connectivity index (χ4n) is 0.740. The van der Waals surface area contributed by atoms with Crippen molar-refractivity contribution in [1.82, 2.24) is 14.5 Å². The van der Waals surface area contributed by atoms with Crippen LogP contribution >= 0.6 is 0 Å². The number of nitrogens with zero attached hydrogens (tertiary/aromatic N) is 1. The third-order valence-corrected chi connectivity index (χ3v) is 1.25. The second-order valence-corrected chi connectivity index (χ2v) is 1.93. The van der Waals surface area contributed by atoms with Crippen LogP contribution in [0.1, 0.15) is 6.92 Å². The Morgan fingerprint density at radius 2 is 1.64 bits per heavy atom. The van der Waals surface area contributed by atoms with Crippen LogP contribution in [0.4, 0.5) is 0 Å². The Hall–Kier alpha value is -1.59. The predicted molar refractivity (Wildman–Crippen MR) is 37.6 cm³/mol. The highest BCUT2D eigenvalue weighted by atomic mass is 16.2. The molecule has 0 amide bonds. The second kappa shape index (κ2) is 2.57. The number of aromatic nitrogens is 3. The molecule has 11 heavy (non-hydrogen) atoms. The minimum Gasteiger partial charge on any atom is -0.259 e. The van der Waals surface area contributed by atoms with Crippen LogP contribution in [-0.4, -0.2) is 14.5 Å². The molecule has 0 aromatic carbocycles. The maximum Gasteiger partial charge on any atom is 0.333 e. The van der Waals surface area contributed by atoms with E-state index in [0.717, 1.165) is 4.57 Å². The molecule has 0 bridgehead atoms. The van der Waals surface area contributed by atoms with Gasteiger partial charge in [-0.15, -0.1) is 0 Å². The van der Waals surface area contributed by atoms with Gasteiger partial charge in [0.15, 0.2) is 0 Å². The molecule has 0 aliphatic carbocycles. The van der Waals surface area contributed by atoms with Gasteiger partial charge in [0.05, 0.1) is 0 Å². The molecule has 0 saturated carbocycles. The van der Waals surface area contributed by atoms with Crippen LogP contribution < -0.4 is 17.1 Å². The van der Waals surface area contributed by atoms with Gasteiger partial charge in [-0.3, -0.25) is 9.97 Å². The van der Waals surface area contributed by atoms with Gasteiger partial charge in [0.2, 0.25) is 0 Å². The molecule has 0 unspecified atom stereocenters. The van der Waals surface area contributed by atoms with Crippen molar-refractivity contribution in [2.45, 2.75) is 13.5 Å². The average molecular weight is 157 g/mol. The highest BCUT2D eigenvalue weighted by Crippen LogP contribution is 1.60. The molecule has 6 nitrogen and oxygen atoms in total. The summed E-state index contributed by atoms with van der Waals surface area (Å²) in [6, 6.07) is 0. The first-order chi connectivity index (χ1) is 5.15. The van der Waals surface area contributed by atoms with Gasteiger partial charge >= 0.3 is 17.1 Å². The highest BCUT2D eigenvalue weighted by molar-refractivity contribution is 4.67. The molecule has 1 aromatic heterocycles. The Morgan fingerprint density at radius 3 is 2.00 bits per heavy atom. The molecule has 0 aliphatic rings. The van der Waals surface area contributed by atoms with E-state index in [1.807, 2.05) is 9.97 Å². The number of H-pyrrole nitrogens is 2. The zero-order valence-electron chi connectivity index (χ0n) is 5.88. The van der Waals surface area contributed by atoms with Crippen LogP contribution in [0, 0.1) is 0 Å². The van der Waals surface area contributed by atoms with Gasteiger partial charge in [-0.1, -0.05) is 0 Å². The molecule has 0 fully saturated rings. The van der Waals surface area contributed by atoms with Crippen molar-refractivity contribution in [3.8, 4) is 0 Å². The van der Waals surface area contributed by atoms with Gasteiger partial charge in [-0.25, -0.2) is 19.0 Å². The Kier molecular flexibility index (Phi) is 1.75. The molecule has 1 rings (SSSR count). The summed E-state index contributed by atoms with van der Waals surface area (Å²) in [4.78, 5) is 35.9. The summed E-state index contributed by atoms with van der Waals surface area (Å²) >= 11 is 0. The Bertz CT molecular complexity index is 376. The molecule has 60 valence electrons. The summed E-state index contributed by atoms with van der Waals surface area (Å²) in [6.07, 6.45) is 0. The molecule has 0 saturated heterocycles. The molecule has 2 N–H and O–H groups in total. The minimum absolute atomic E-state index is 0.241. The summed E-state index contributed by atoms with van der Waals surface area (Å²) in [6.45, 7) is 1.87. The highest BCUT2D eigenvalue weighted by Gasteiger charge is 1.97. The molecular formula is C5H7N3O3. The summed E-state index contributed by atoms with van der Waals surface area (Å²) < 4.78 is 0.890. The van der Waals surface area contributed by atoms with E-state index in [-0.39, 0.29) is 6.54 Å². The average Bonchev–Trinajstić information content (AvgIpc) is 1.85. The lowest BCUT2D eigenvalue weighted by atomic mass is 10.7. The SMILES string of the molecule is CCn1c(=O)[nH]c(=O)[nH]c1=O. The first kappa shape index (κ1) is 7.52. The van der Waals surface area contributed by atoms with Crippen LogP contribution in [0.5, 0.6) is 0 Å². The van der Waals surface area contributed by atoms with Crippen LogP contribution in [0.25, 0.3) is 0 Å². The van der Waals surface area contributed by atoms with E-state index in [2.05, 4.69) is 0 Å². The summed E-state index contributed by atoms with van der Waals surface area (Å²) in [7, 11) is 0. The standard InChI is InChI=1S/C5H7N3O3/c1-2-8-4(10)6-3(9)7-5(8)11/h2H2,1H3,(H2,6,7,9,10,11). The first-order valence-corrected chi connectivity index (χ1v) is 3.08. The van der Waals surface area contributed by atoms with Crippen LogP contribution in [0.2, 0.25) is 0 Å². The van der Waals surface area contributed by atoms with Gasteiger partial charge in [-0.05, 0) is 6.92 Å².